The van der Waals surface area contributed by atoms with Gasteiger partial charge in [-0.1, -0.05) is 30.3 Å². The smallest absolute Gasteiger partial charge is 0.254 e. The van der Waals surface area contributed by atoms with Crippen molar-refractivity contribution in [2.45, 2.75) is 25.5 Å². The second kappa shape index (κ2) is 4.77. The highest BCUT2D eigenvalue weighted by Gasteiger charge is 2.24. The molecule has 1 atom stereocenters. The molecule has 0 aliphatic rings. The Hall–Kier alpha value is -1.86. The Morgan fingerprint density at radius 2 is 2.00 bits per heavy atom. The van der Waals surface area contributed by atoms with Crippen LogP contribution >= 0.6 is 0 Å². The van der Waals surface area contributed by atoms with Crippen LogP contribution in [0.5, 0.6) is 0 Å². The molecular formula is C12H14N2O2. The average molecular weight is 218 g/mol. The van der Waals surface area contributed by atoms with Crippen molar-refractivity contribution in [3.63, 3.8) is 0 Å². The van der Waals surface area contributed by atoms with Crippen molar-refractivity contribution in [3.05, 3.63) is 35.9 Å². The number of nitrogens with zero attached hydrogens (tertiary/aromatic N) is 1. The molecule has 1 aromatic rings. The molecule has 0 heterocycles. The highest BCUT2D eigenvalue weighted by atomic mass is 16.3. The first-order chi connectivity index (χ1) is 7.46. The Kier molecular flexibility index (Phi) is 3.64. The normalized spacial score (nSPS) is 12.6. The van der Waals surface area contributed by atoms with Crippen LogP contribution < -0.4 is 5.32 Å². The summed E-state index contributed by atoms with van der Waals surface area (Å²) in [5.74, 6) is -0.572. The van der Waals surface area contributed by atoms with Crippen molar-refractivity contribution in [2.75, 3.05) is 0 Å². The van der Waals surface area contributed by atoms with Crippen molar-refractivity contribution in [1.29, 1.82) is 5.26 Å². The lowest BCUT2D eigenvalue weighted by Gasteiger charge is -2.20. The van der Waals surface area contributed by atoms with Gasteiger partial charge in [-0.2, -0.15) is 5.26 Å². The summed E-state index contributed by atoms with van der Waals surface area (Å²) in [6.07, 6.45) is -1.24. The Morgan fingerprint density at radius 1 is 1.44 bits per heavy atom. The number of aliphatic hydroxyl groups is 1. The minimum Gasteiger partial charge on any atom is -0.378 e. The number of carbonyl (C=O) groups is 1. The number of amides is 1. The molecule has 84 valence electrons. The molecule has 2 N–H and O–H groups in total. The average Bonchev–Trinajstić information content (AvgIpc) is 2.28. The lowest BCUT2D eigenvalue weighted by atomic mass is 10.1. The predicted octanol–water partition coefficient (Wildman–Crippen LogP) is 1.14. The third-order valence-electron chi connectivity index (χ3n) is 2.08. The topological polar surface area (TPSA) is 73.1 Å². The van der Waals surface area contributed by atoms with E-state index in [0.29, 0.717) is 5.56 Å². The number of benzene rings is 1. The molecule has 0 fully saturated rings. The Bertz CT molecular complexity index is 407. The van der Waals surface area contributed by atoms with E-state index in [4.69, 9.17) is 5.26 Å². The zero-order chi connectivity index (χ0) is 12.2. The molecule has 0 saturated carbocycles. The van der Waals surface area contributed by atoms with E-state index >= 15 is 0 Å². The lowest BCUT2D eigenvalue weighted by molar-refractivity contribution is -0.130. The summed E-state index contributed by atoms with van der Waals surface area (Å²) in [6.45, 7) is 3.14. The van der Waals surface area contributed by atoms with Gasteiger partial charge >= 0.3 is 0 Å². The molecule has 0 aliphatic heterocycles. The van der Waals surface area contributed by atoms with Gasteiger partial charge < -0.3 is 10.4 Å². The Morgan fingerprint density at radius 3 is 2.50 bits per heavy atom. The maximum absolute atomic E-state index is 11.6. The number of nitrogens with one attached hydrogen (secondary N) is 1. The summed E-state index contributed by atoms with van der Waals surface area (Å²) >= 11 is 0. The van der Waals surface area contributed by atoms with Crippen molar-refractivity contribution in [2.24, 2.45) is 0 Å². The summed E-state index contributed by atoms with van der Waals surface area (Å²) < 4.78 is 0. The molecule has 4 heteroatoms. The number of hydrogen-bond acceptors (Lipinski definition) is 3. The van der Waals surface area contributed by atoms with E-state index in [1.165, 1.54) is 0 Å². The molecule has 0 bridgehead atoms. The van der Waals surface area contributed by atoms with Crippen LogP contribution in [0.4, 0.5) is 0 Å². The quantitative estimate of drug-likeness (QED) is 0.799. The molecule has 4 nitrogen and oxygen atoms in total. The van der Waals surface area contributed by atoms with E-state index in [9.17, 15) is 9.90 Å². The third-order valence-corrected chi connectivity index (χ3v) is 2.08. The first-order valence-electron chi connectivity index (χ1n) is 4.92. The zero-order valence-corrected chi connectivity index (χ0v) is 9.27. The number of aliphatic hydroxyl groups excluding tert-OH is 1. The second-order valence-electron chi connectivity index (χ2n) is 4.04. The molecule has 16 heavy (non-hydrogen) atoms. The fourth-order valence-electron chi connectivity index (χ4n) is 1.19. The summed E-state index contributed by atoms with van der Waals surface area (Å²) in [6, 6.07) is 10.5. The predicted molar refractivity (Wildman–Crippen MR) is 59.2 cm³/mol. The highest BCUT2D eigenvalue weighted by molar-refractivity contribution is 5.82. The molecule has 1 amide bonds. The molecule has 1 rings (SSSR count). The fraction of sp³-hybridized carbons (Fsp3) is 0.333. The zero-order valence-electron chi connectivity index (χ0n) is 9.27. The largest absolute Gasteiger partial charge is 0.378 e. The van der Waals surface area contributed by atoms with Gasteiger partial charge in [-0.15, -0.1) is 0 Å². The van der Waals surface area contributed by atoms with Gasteiger partial charge in [-0.25, -0.2) is 0 Å². The van der Waals surface area contributed by atoms with Crippen LogP contribution in [-0.4, -0.2) is 16.6 Å². The SMILES string of the molecule is CC(C)(C#N)NC(=O)C(O)c1ccccc1. The van der Waals surface area contributed by atoms with E-state index in [-0.39, 0.29) is 0 Å². The summed E-state index contributed by atoms with van der Waals surface area (Å²) in [4.78, 5) is 11.6. The van der Waals surface area contributed by atoms with Crippen molar-refractivity contribution in [1.82, 2.24) is 5.32 Å². The summed E-state index contributed by atoms with van der Waals surface area (Å²) in [5, 5.41) is 20.9. The molecule has 0 spiro atoms. The standard InChI is InChI=1S/C12H14N2O2/c1-12(2,8-13)14-11(16)10(15)9-6-4-3-5-7-9/h3-7,10,15H,1-2H3,(H,14,16). The first kappa shape index (κ1) is 12.2. The van der Waals surface area contributed by atoms with Gasteiger partial charge in [0.05, 0.1) is 6.07 Å². The van der Waals surface area contributed by atoms with Gasteiger partial charge in [0.15, 0.2) is 6.10 Å². The van der Waals surface area contributed by atoms with Gasteiger partial charge in [0.25, 0.3) is 5.91 Å². The van der Waals surface area contributed by atoms with Crippen LogP contribution in [0.15, 0.2) is 30.3 Å². The van der Waals surface area contributed by atoms with Crippen LogP contribution in [0.1, 0.15) is 25.5 Å². The molecule has 0 aromatic heterocycles. The summed E-state index contributed by atoms with van der Waals surface area (Å²) in [5.41, 5.74) is -0.471. The number of hydrogen-bond donors (Lipinski definition) is 2. The first-order valence-corrected chi connectivity index (χ1v) is 4.92. The van der Waals surface area contributed by atoms with E-state index in [1.807, 2.05) is 6.07 Å². The third kappa shape index (κ3) is 3.07. The molecule has 0 aliphatic carbocycles. The number of carbonyl (C=O) groups excluding carboxylic acids is 1. The van der Waals surface area contributed by atoms with E-state index in [2.05, 4.69) is 5.32 Å². The second-order valence-corrected chi connectivity index (χ2v) is 4.04. The monoisotopic (exact) mass is 218 g/mol. The van der Waals surface area contributed by atoms with Crippen molar-refractivity contribution in [3.8, 4) is 6.07 Å². The van der Waals surface area contributed by atoms with Crippen LogP contribution in [0.3, 0.4) is 0 Å². The molecule has 0 saturated heterocycles. The number of rotatable bonds is 3. The Labute approximate surface area is 94.5 Å². The van der Waals surface area contributed by atoms with Crippen LogP contribution in [0.25, 0.3) is 0 Å². The molecule has 1 unspecified atom stereocenters. The fourth-order valence-corrected chi connectivity index (χ4v) is 1.19. The van der Waals surface area contributed by atoms with Crippen molar-refractivity contribution >= 4 is 5.91 Å². The van der Waals surface area contributed by atoms with Gasteiger partial charge in [-0.05, 0) is 19.4 Å². The van der Waals surface area contributed by atoms with E-state index < -0.39 is 17.6 Å². The van der Waals surface area contributed by atoms with E-state index in [0.717, 1.165) is 0 Å². The lowest BCUT2D eigenvalue weighted by Crippen LogP contribution is -2.44. The molecule has 0 radical (unpaired) electrons. The minimum atomic E-state index is -1.24. The molecular weight excluding hydrogens is 204 g/mol. The van der Waals surface area contributed by atoms with Gasteiger partial charge in [0.1, 0.15) is 5.54 Å². The Balaban J connectivity index is 2.74. The summed E-state index contributed by atoms with van der Waals surface area (Å²) in [7, 11) is 0. The molecule has 1 aromatic carbocycles. The van der Waals surface area contributed by atoms with Crippen LogP contribution in [0, 0.1) is 11.3 Å². The van der Waals surface area contributed by atoms with Crippen LogP contribution in [0.2, 0.25) is 0 Å². The maximum atomic E-state index is 11.6. The van der Waals surface area contributed by atoms with Crippen LogP contribution in [-0.2, 0) is 4.79 Å². The van der Waals surface area contributed by atoms with Gasteiger partial charge in [0, 0.05) is 0 Å². The number of nitriles is 1. The van der Waals surface area contributed by atoms with Gasteiger partial charge in [0.2, 0.25) is 0 Å². The highest BCUT2D eigenvalue weighted by Crippen LogP contribution is 2.13. The maximum Gasteiger partial charge on any atom is 0.254 e. The van der Waals surface area contributed by atoms with Gasteiger partial charge in [-0.3, -0.25) is 4.79 Å². The van der Waals surface area contributed by atoms with Crippen molar-refractivity contribution < 1.29 is 9.90 Å². The van der Waals surface area contributed by atoms with E-state index in [1.54, 1.807) is 44.2 Å². The minimum absolute atomic E-state index is 0.508.